The average Bonchev–Trinajstić information content (AvgIpc) is 2.46. The molecule has 0 fully saturated rings. The summed E-state index contributed by atoms with van der Waals surface area (Å²) in [6.45, 7) is 4.62. The summed E-state index contributed by atoms with van der Waals surface area (Å²) < 4.78 is 0. The Bertz CT molecular complexity index is 273. The van der Waals surface area contributed by atoms with Crippen molar-refractivity contribution >= 4 is 11.3 Å². The predicted octanol–water partition coefficient (Wildman–Crippen LogP) is 3.44. The summed E-state index contributed by atoms with van der Waals surface area (Å²) in [4.78, 5) is 3.25. The van der Waals surface area contributed by atoms with Crippen LogP contribution < -0.4 is 0 Å². The molecular weight excluding hydrogens is 164 g/mol. The SMILES string of the molecule is CCc1cc2c(s1)CCC(C)C2. The molecule has 1 unspecified atom stereocenters. The Hall–Kier alpha value is -0.300. The zero-order valence-corrected chi connectivity index (χ0v) is 8.71. The standard InChI is InChI=1S/C11H16S/c1-3-10-7-9-6-8(2)4-5-11(9)12-10/h7-8H,3-6H2,1-2H3. The van der Waals surface area contributed by atoms with E-state index in [1.807, 2.05) is 11.3 Å². The fourth-order valence-corrected chi connectivity index (χ4v) is 3.10. The van der Waals surface area contributed by atoms with Crippen LogP contribution in [0.2, 0.25) is 0 Å². The lowest BCUT2D eigenvalue weighted by Gasteiger charge is -2.17. The van der Waals surface area contributed by atoms with Gasteiger partial charge in [0, 0.05) is 9.75 Å². The maximum absolute atomic E-state index is 2.43. The van der Waals surface area contributed by atoms with Crippen molar-refractivity contribution in [3.63, 3.8) is 0 Å². The summed E-state index contributed by atoms with van der Waals surface area (Å²) in [5, 5.41) is 0. The van der Waals surface area contributed by atoms with Gasteiger partial charge in [-0.05, 0) is 43.2 Å². The Morgan fingerprint density at radius 2 is 2.42 bits per heavy atom. The van der Waals surface area contributed by atoms with Crippen molar-refractivity contribution in [1.82, 2.24) is 0 Å². The fourth-order valence-electron chi connectivity index (χ4n) is 1.94. The summed E-state index contributed by atoms with van der Waals surface area (Å²) in [7, 11) is 0. The van der Waals surface area contributed by atoms with Crippen molar-refractivity contribution in [3.05, 3.63) is 21.4 Å². The maximum atomic E-state index is 2.43. The molecule has 0 saturated carbocycles. The summed E-state index contributed by atoms with van der Waals surface area (Å²) in [6, 6.07) is 2.43. The lowest BCUT2D eigenvalue weighted by molar-refractivity contribution is 0.506. The number of rotatable bonds is 1. The first kappa shape index (κ1) is 8.31. The van der Waals surface area contributed by atoms with Crippen LogP contribution in [0.5, 0.6) is 0 Å². The molecule has 0 N–H and O–H groups in total. The summed E-state index contributed by atoms with van der Waals surface area (Å²) in [6.07, 6.45) is 5.27. The van der Waals surface area contributed by atoms with Gasteiger partial charge in [-0.25, -0.2) is 0 Å². The van der Waals surface area contributed by atoms with Crippen molar-refractivity contribution < 1.29 is 0 Å². The minimum absolute atomic E-state index is 0.914. The molecule has 0 spiro atoms. The minimum Gasteiger partial charge on any atom is -0.145 e. The van der Waals surface area contributed by atoms with E-state index in [9.17, 15) is 0 Å². The van der Waals surface area contributed by atoms with E-state index in [1.165, 1.54) is 25.7 Å². The highest BCUT2D eigenvalue weighted by Crippen LogP contribution is 2.32. The Kier molecular flexibility index (Phi) is 2.22. The van der Waals surface area contributed by atoms with Crippen LogP contribution in [0.1, 0.15) is 35.6 Å². The zero-order chi connectivity index (χ0) is 8.55. The highest BCUT2D eigenvalue weighted by Gasteiger charge is 2.17. The number of hydrogen-bond donors (Lipinski definition) is 0. The first-order chi connectivity index (χ1) is 5.79. The lowest BCUT2D eigenvalue weighted by Crippen LogP contribution is -2.07. The molecule has 66 valence electrons. The molecule has 1 atom stereocenters. The quantitative estimate of drug-likeness (QED) is 0.621. The Morgan fingerprint density at radius 3 is 3.17 bits per heavy atom. The van der Waals surface area contributed by atoms with Gasteiger partial charge in [0.2, 0.25) is 0 Å². The molecule has 1 heterocycles. The topological polar surface area (TPSA) is 0 Å². The second kappa shape index (κ2) is 3.21. The molecule has 1 aliphatic rings. The molecule has 0 amide bonds. The highest BCUT2D eigenvalue weighted by molar-refractivity contribution is 7.12. The van der Waals surface area contributed by atoms with Crippen molar-refractivity contribution in [2.24, 2.45) is 5.92 Å². The van der Waals surface area contributed by atoms with E-state index in [4.69, 9.17) is 0 Å². The van der Waals surface area contributed by atoms with Gasteiger partial charge in [-0.1, -0.05) is 13.8 Å². The van der Waals surface area contributed by atoms with Crippen LogP contribution in [0.4, 0.5) is 0 Å². The fraction of sp³-hybridized carbons (Fsp3) is 0.636. The third-order valence-corrected chi connectivity index (χ3v) is 4.11. The molecule has 1 heteroatoms. The molecule has 1 aromatic heterocycles. The van der Waals surface area contributed by atoms with E-state index in [2.05, 4.69) is 19.9 Å². The van der Waals surface area contributed by atoms with Gasteiger partial charge in [0.1, 0.15) is 0 Å². The lowest BCUT2D eigenvalue weighted by atomic mass is 9.90. The zero-order valence-electron chi connectivity index (χ0n) is 7.89. The van der Waals surface area contributed by atoms with Gasteiger partial charge in [0.25, 0.3) is 0 Å². The van der Waals surface area contributed by atoms with Gasteiger partial charge in [0.05, 0.1) is 0 Å². The number of fused-ring (bicyclic) bond motifs is 1. The van der Waals surface area contributed by atoms with Gasteiger partial charge < -0.3 is 0 Å². The third-order valence-electron chi connectivity index (χ3n) is 2.73. The minimum atomic E-state index is 0.914. The Balaban J connectivity index is 2.28. The molecule has 0 aromatic carbocycles. The second-order valence-corrected chi connectivity index (χ2v) is 5.08. The van der Waals surface area contributed by atoms with Gasteiger partial charge in [0.15, 0.2) is 0 Å². The van der Waals surface area contributed by atoms with Crippen LogP contribution in [0, 0.1) is 5.92 Å². The number of thiophene rings is 1. The molecule has 0 saturated heterocycles. The van der Waals surface area contributed by atoms with Crippen LogP contribution in [0.25, 0.3) is 0 Å². The van der Waals surface area contributed by atoms with Gasteiger partial charge in [-0.3, -0.25) is 0 Å². The largest absolute Gasteiger partial charge is 0.145 e. The molecule has 0 bridgehead atoms. The van der Waals surface area contributed by atoms with Crippen LogP contribution in [0.15, 0.2) is 6.07 Å². The molecule has 12 heavy (non-hydrogen) atoms. The van der Waals surface area contributed by atoms with Crippen LogP contribution in [0.3, 0.4) is 0 Å². The molecule has 0 aliphatic heterocycles. The molecule has 2 rings (SSSR count). The number of aryl methyl sites for hydroxylation is 2. The van der Waals surface area contributed by atoms with E-state index < -0.39 is 0 Å². The van der Waals surface area contributed by atoms with E-state index in [0.29, 0.717) is 0 Å². The maximum Gasteiger partial charge on any atom is 0.00803 e. The van der Waals surface area contributed by atoms with Crippen LogP contribution >= 0.6 is 11.3 Å². The summed E-state index contributed by atoms with van der Waals surface area (Å²) >= 11 is 2.04. The Labute approximate surface area is 78.6 Å². The second-order valence-electron chi connectivity index (χ2n) is 3.86. The van der Waals surface area contributed by atoms with E-state index in [1.54, 1.807) is 15.3 Å². The molecule has 0 nitrogen and oxygen atoms in total. The van der Waals surface area contributed by atoms with Gasteiger partial charge >= 0.3 is 0 Å². The predicted molar refractivity (Wildman–Crippen MR) is 54.9 cm³/mol. The normalized spacial score (nSPS) is 22.3. The summed E-state index contributed by atoms with van der Waals surface area (Å²) in [5.41, 5.74) is 1.65. The van der Waals surface area contributed by atoms with E-state index in [-0.39, 0.29) is 0 Å². The van der Waals surface area contributed by atoms with Gasteiger partial charge in [-0.15, -0.1) is 11.3 Å². The molecular formula is C11H16S. The van der Waals surface area contributed by atoms with Crippen molar-refractivity contribution in [2.75, 3.05) is 0 Å². The van der Waals surface area contributed by atoms with Gasteiger partial charge in [-0.2, -0.15) is 0 Å². The van der Waals surface area contributed by atoms with E-state index in [0.717, 1.165) is 5.92 Å². The average molecular weight is 180 g/mol. The number of hydrogen-bond acceptors (Lipinski definition) is 1. The van der Waals surface area contributed by atoms with Crippen molar-refractivity contribution in [3.8, 4) is 0 Å². The molecule has 1 aliphatic carbocycles. The van der Waals surface area contributed by atoms with Crippen molar-refractivity contribution in [1.29, 1.82) is 0 Å². The molecule has 0 radical (unpaired) electrons. The first-order valence-electron chi connectivity index (χ1n) is 4.90. The first-order valence-corrected chi connectivity index (χ1v) is 5.71. The van der Waals surface area contributed by atoms with Crippen LogP contribution in [-0.4, -0.2) is 0 Å². The monoisotopic (exact) mass is 180 g/mol. The summed E-state index contributed by atoms with van der Waals surface area (Å²) in [5.74, 6) is 0.914. The van der Waals surface area contributed by atoms with Crippen LogP contribution in [-0.2, 0) is 19.3 Å². The van der Waals surface area contributed by atoms with E-state index >= 15 is 0 Å². The smallest absolute Gasteiger partial charge is 0.00803 e. The van der Waals surface area contributed by atoms with Crippen molar-refractivity contribution in [2.45, 2.75) is 39.5 Å². The Morgan fingerprint density at radius 1 is 1.58 bits per heavy atom. The third kappa shape index (κ3) is 1.42. The highest BCUT2D eigenvalue weighted by atomic mass is 32.1. The molecule has 1 aromatic rings.